The molecule has 1 aliphatic rings. The van der Waals surface area contributed by atoms with E-state index in [1.165, 1.54) is 0 Å². The number of amides is 1. The third-order valence-electron chi connectivity index (χ3n) is 3.81. The van der Waals surface area contributed by atoms with Crippen molar-refractivity contribution < 1.29 is 27.8 Å². The number of carbonyl (C=O) groups is 1. The fourth-order valence-corrected chi connectivity index (χ4v) is 2.29. The van der Waals surface area contributed by atoms with Crippen LogP contribution < -0.4 is 4.74 Å². The van der Waals surface area contributed by atoms with Crippen LogP contribution in [0.2, 0.25) is 0 Å². The van der Waals surface area contributed by atoms with Crippen LogP contribution in [0.4, 0.5) is 13.2 Å². The fraction of sp³-hybridized carbons (Fsp3) is 0.500. The molecule has 24 heavy (non-hydrogen) atoms. The summed E-state index contributed by atoms with van der Waals surface area (Å²) in [7, 11) is 0. The van der Waals surface area contributed by atoms with E-state index in [9.17, 15) is 23.1 Å². The fourth-order valence-electron chi connectivity index (χ4n) is 2.29. The second kappa shape index (κ2) is 6.43. The second-order valence-electron chi connectivity index (χ2n) is 6.00. The highest BCUT2D eigenvalue weighted by Crippen LogP contribution is 2.41. The molecule has 1 aromatic carbocycles. The molecule has 1 amide bonds. The van der Waals surface area contributed by atoms with Gasteiger partial charge < -0.3 is 9.84 Å². The Morgan fingerprint density at radius 1 is 1.42 bits per heavy atom. The number of benzene rings is 1. The number of halogens is 3. The van der Waals surface area contributed by atoms with Gasteiger partial charge in [0.15, 0.2) is 6.61 Å². The van der Waals surface area contributed by atoms with Gasteiger partial charge in [0.1, 0.15) is 5.75 Å². The van der Waals surface area contributed by atoms with Crippen molar-refractivity contribution in [3.05, 3.63) is 29.8 Å². The number of hydrogen-bond acceptors (Lipinski definition) is 4. The maximum absolute atomic E-state index is 13.3. The van der Waals surface area contributed by atoms with Crippen molar-refractivity contribution in [1.82, 2.24) is 5.01 Å². The molecule has 1 unspecified atom stereocenters. The molecule has 0 aliphatic carbocycles. The van der Waals surface area contributed by atoms with E-state index >= 15 is 0 Å². The molecule has 8 heteroatoms. The summed E-state index contributed by atoms with van der Waals surface area (Å²) < 4.78 is 45.1. The number of para-hydroxylation sites is 1. The van der Waals surface area contributed by atoms with E-state index in [4.69, 9.17) is 4.74 Å². The van der Waals surface area contributed by atoms with E-state index in [2.05, 4.69) is 5.10 Å². The predicted octanol–water partition coefficient (Wildman–Crippen LogP) is 2.87. The minimum absolute atomic E-state index is 0.0978. The van der Waals surface area contributed by atoms with Crippen LogP contribution in [-0.2, 0) is 4.79 Å². The summed E-state index contributed by atoms with van der Waals surface area (Å²) in [5, 5.41) is 13.8. The summed E-state index contributed by atoms with van der Waals surface area (Å²) in [4.78, 5) is 12.2. The quantitative estimate of drug-likeness (QED) is 0.914. The molecule has 1 atom stereocenters. The summed E-state index contributed by atoms with van der Waals surface area (Å²) in [6.07, 6.45) is -5.78. The summed E-state index contributed by atoms with van der Waals surface area (Å²) in [5.41, 5.74) is -2.48. The first-order chi connectivity index (χ1) is 11.1. The van der Waals surface area contributed by atoms with Crippen molar-refractivity contribution in [2.24, 2.45) is 11.0 Å². The third kappa shape index (κ3) is 3.38. The molecule has 0 fully saturated rings. The number of alkyl halides is 3. The zero-order chi connectivity index (χ0) is 18.1. The lowest BCUT2D eigenvalue weighted by Gasteiger charge is -2.32. The molecular weight excluding hydrogens is 325 g/mol. The SMILES string of the molecule is Cc1ccccc1OCC(=O)N1N=C(C(C)C)CC1(O)C(F)(F)F. The first-order valence-electron chi connectivity index (χ1n) is 7.44. The number of hydrazone groups is 1. The monoisotopic (exact) mass is 344 g/mol. The zero-order valence-electron chi connectivity index (χ0n) is 13.6. The predicted molar refractivity (Wildman–Crippen MR) is 81.4 cm³/mol. The van der Waals surface area contributed by atoms with Gasteiger partial charge in [0, 0.05) is 12.1 Å². The van der Waals surface area contributed by atoms with E-state index in [-0.39, 0.29) is 16.6 Å². The highest BCUT2D eigenvalue weighted by atomic mass is 19.4. The van der Waals surface area contributed by atoms with Crippen molar-refractivity contribution >= 4 is 11.6 Å². The largest absolute Gasteiger partial charge is 0.483 e. The van der Waals surface area contributed by atoms with E-state index in [0.29, 0.717) is 5.75 Å². The molecule has 132 valence electrons. The van der Waals surface area contributed by atoms with E-state index in [0.717, 1.165) is 5.56 Å². The molecule has 5 nitrogen and oxygen atoms in total. The Kier molecular flexibility index (Phi) is 4.89. The van der Waals surface area contributed by atoms with Gasteiger partial charge in [-0.15, -0.1) is 0 Å². The number of aryl methyl sites for hydroxylation is 1. The van der Waals surface area contributed by atoms with E-state index in [1.54, 1.807) is 45.0 Å². The number of aliphatic hydroxyl groups is 1. The van der Waals surface area contributed by atoms with E-state index in [1.807, 2.05) is 0 Å². The zero-order valence-corrected chi connectivity index (χ0v) is 13.6. The third-order valence-corrected chi connectivity index (χ3v) is 3.81. The highest BCUT2D eigenvalue weighted by molar-refractivity contribution is 5.92. The van der Waals surface area contributed by atoms with Gasteiger partial charge in [0.2, 0.25) is 0 Å². The van der Waals surface area contributed by atoms with Crippen LogP contribution in [0, 0.1) is 12.8 Å². The summed E-state index contributed by atoms with van der Waals surface area (Å²) >= 11 is 0. The van der Waals surface area contributed by atoms with Crippen LogP contribution in [0.5, 0.6) is 5.75 Å². The molecule has 1 aromatic rings. The molecule has 0 spiro atoms. The van der Waals surface area contributed by atoms with Gasteiger partial charge in [-0.25, -0.2) is 0 Å². The Morgan fingerprint density at radius 3 is 2.58 bits per heavy atom. The summed E-state index contributed by atoms with van der Waals surface area (Å²) in [6.45, 7) is 4.38. The van der Waals surface area contributed by atoms with Crippen LogP contribution in [0.3, 0.4) is 0 Å². The lowest BCUT2D eigenvalue weighted by atomic mass is 9.99. The molecule has 1 N–H and O–H groups in total. The van der Waals surface area contributed by atoms with Gasteiger partial charge in [-0.05, 0) is 24.5 Å². The standard InChI is InChI=1S/C16H19F3N2O3/c1-10(2)12-8-15(23,16(17,18)19)21(20-12)14(22)9-24-13-7-5-4-6-11(13)3/h4-7,10,23H,8-9H2,1-3H3. The molecule has 0 aromatic heterocycles. The Balaban J connectivity index is 2.20. The molecule has 0 bridgehead atoms. The lowest BCUT2D eigenvalue weighted by Crippen LogP contribution is -2.57. The Bertz CT molecular complexity index is 658. The number of nitrogens with zero attached hydrogens (tertiary/aromatic N) is 2. The number of rotatable bonds is 4. The van der Waals surface area contributed by atoms with Gasteiger partial charge in [0.25, 0.3) is 11.6 Å². The minimum atomic E-state index is -5.02. The minimum Gasteiger partial charge on any atom is -0.483 e. The summed E-state index contributed by atoms with van der Waals surface area (Å²) in [5.74, 6) is -1.00. The van der Waals surface area contributed by atoms with E-state index < -0.39 is 30.8 Å². The van der Waals surface area contributed by atoms with Crippen LogP contribution in [0.15, 0.2) is 29.4 Å². The highest BCUT2D eigenvalue weighted by Gasteiger charge is 2.63. The molecule has 0 saturated carbocycles. The van der Waals surface area contributed by atoms with Gasteiger partial charge in [-0.1, -0.05) is 32.0 Å². The number of ether oxygens (including phenoxy) is 1. The normalized spacial score (nSPS) is 21.2. The molecule has 1 aliphatic heterocycles. The smallest absolute Gasteiger partial charge is 0.438 e. The molecule has 0 radical (unpaired) electrons. The topological polar surface area (TPSA) is 62.1 Å². The first-order valence-corrected chi connectivity index (χ1v) is 7.44. The number of hydrogen-bond donors (Lipinski definition) is 1. The Morgan fingerprint density at radius 2 is 2.04 bits per heavy atom. The maximum Gasteiger partial charge on any atom is 0.438 e. The van der Waals surface area contributed by atoms with Crippen LogP contribution >= 0.6 is 0 Å². The Hall–Kier alpha value is -2.09. The van der Waals surface area contributed by atoms with Crippen LogP contribution in [0.25, 0.3) is 0 Å². The van der Waals surface area contributed by atoms with Crippen LogP contribution in [-0.4, -0.2) is 40.2 Å². The maximum atomic E-state index is 13.3. The lowest BCUT2D eigenvalue weighted by molar-refractivity contribution is -0.302. The Labute approximate surface area is 137 Å². The summed E-state index contributed by atoms with van der Waals surface area (Å²) in [6, 6.07) is 6.80. The average Bonchev–Trinajstić information content (AvgIpc) is 2.85. The van der Waals surface area contributed by atoms with Gasteiger partial charge in [-0.3, -0.25) is 4.79 Å². The van der Waals surface area contributed by atoms with Crippen molar-refractivity contribution in [3.8, 4) is 5.75 Å². The average molecular weight is 344 g/mol. The molecule has 0 saturated heterocycles. The second-order valence-corrected chi connectivity index (χ2v) is 6.00. The van der Waals surface area contributed by atoms with Crippen molar-refractivity contribution in [2.45, 2.75) is 39.1 Å². The van der Waals surface area contributed by atoms with Gasteiger partial charge >= 0.3 is 6.18 Å². The molecule has 1 heterocycles. The first kappa shape index (κ1) is 18.3. The van der Waals surface area contributed by atoms with Crippen LogP contribution in [0.1, 0.15) is 25.8 Å². The molecule has 2 rings (SSSR count). The van der Waals surface area contributed by atoms with Crippen molar-refractivity contribution in [1.29, 1.82) is 0 Å². The van der Waals surface area contributed by atoms with Crippen molar-refractivity contribution in [3.63, 3.8) is 0 Å². The van der Waals surface area contributed by atoms with Gasteiger partial charge in [0.05, 0.1) is 0 Å². The van der Waals surface area contributed by atoms with Crippen molar-refractivity contribution in [2.75, 3.05) is 6.61 Å². The molecular formula is C16H19F3N2O3. The number of carbonyl (C=O) groups excluding carboxylic acids is 1. The van der Waals surface area contributed by atoms with Gasteiger partial charge in [-0.2, -0.15) is 23.3 Å².